The molecule has 1 aliphatic heterocycles. The van der Waals surface area contributed by atoms with Gasteiger partial charge in [-0.25, -0.2) is 5.10 Å². The third-order valence-corrected chi connectivity index (χ3v) is 9.81. The molecular weight excluding hydrogens is 654 g/mol. The van der Waals surface area contributed by atoms with Crippen LogP contribution in [0, 0.1) is 18.8 Å². The number of amides is 3. The summed E-state index contributed by atoms with van der Waals surface area (Å²) in [5, 5.41) is 26.5. The average Bonchev–Trinajstić information content (AvgIpc) is 3.68. The van der Waals surface area contributed by atoms with Crippen molar-refractivity contribution in [2.24, 2.45) is 17.6 Å². The SMILES string of the molecule is Cc1ccc(C(=O)NC2CCNCC2)cc1-c1cccc(C[C@H](NC(=O)[C@H]2CC[C@H](CN)CC2)C(=O)Nc2ccc(-c3nnn[nH]3)cc2)c1.Cl. The molecular formula is C37H46ClN9O3. The number of H-pyrrole nitrogens is 1. The van der Waals surface area contributed by atoms with Crippen LogP contribution in [0.1, 0.15) is 60.0 Å². The summed E-state index contributed by atoms with van der Waals surface area (Å²) in [5.41, 5.74) is 11.7. The van der Waals surface area contributed by atoms with E-state index in [1.54, 1.807) is 12.1 Å². The first-order valence-corrected chi connectivity index (χ1v) is 17.2. The van der Waals surface area contributed by atoms with Crippen LogP contribution in [0.4, 0.5) is 5.69 Å². The third kappa shape index (κ3) is 9.32. The van der Waals surface area contributed by atoms with E-state index < -0.39 is 6.04 Å². The lowest BCUT2D eigenvalue weighted by molar-refractivity contribution is -0.130. The molecule has 3 amide bonds. The largest absolute Gasteiger partial charge is 0.349 e. The van der Waals surface area contributed by atoms with E-state index in [1.165, 1.54) is 0 Å². The summed E-state index contributed by atoms with van der Waals surface area (Å²) in [6, 6.07) is 20.3. The van der Waals surface area contributed by atoms with Crippen LogP contribution in [0.5, 0.6) is 0 Å². The Labute approximate surface area is 298 Å². The molecule has 13 heteroatoms. The molecule has 1 atom stereocenters. The first kappa shape index (κ1) is 36.6. The topological polar surface area (TPSA) is 180 Å². The third-order valence-electron chi connectivity index (χ3n) is 9.81. The smallest absolute Gasteiger partial charge is 0.251 e. The van der Waals surface area contributed by atoms with Crippen molar-refractivity contribution in [3.8, 4) is 22.5 Å². The van der Waals surface area contributed by atoms with Crippen molar-refractivity contribution >= 4 is 35.8 Å². The first-order valence-electron chi connectivity index (χ1n) is 17.2. The number of nitrogens with zero attached hydrogens (tertiary/aromatic N) is 3. The van der Waals surface area contributed by atoms with Crippen LogP contribution >= 0.6 is 12.4 Å². The summed E-state index contributed by atoms with van der Waals surface area (Å²) in [4.78, 5) is 40.5. The maximum Gasteiger partial charge on any atom is 0.251 e. The molecule has 50 heavy (non-hydrogen) atoms. The molecule has 12 nitrogen and oxygen atoms in total. The van der Waals surface area contributed by atoms with Crippen molar-refractivity contribution in [3.63, 3.8) is 0 Å². The van der Waals surface area contributed by atoms with Gasteiger partial charge >= 0.3 is 0 Å². The minimum Gasteiger partial charge on any atom is -0.349 e. The summed E-state index contributed by atoms with van der Waals surface area (Å²) in [7, 11) is 0. The fourth-order valence-electron chi connectivity index (χ4n) is 6.79. The zero-order valence-electron chi connectivity index (χ0n) is 28.3. The lowest BCUT2D eigenvalue weighted by atomic mass is 9.81. The Hall–Kier alpha value is -4.65. The van der Waals surface area contributed by atoms with E-state index in [-0.39, 0.29) is 42.1 Å². The minimum absolute atomic E-state index is 0. The molecule has 0 bridgehead atoms. The Kier molecular flexibility index (Phi) is 12.7. The molecule has 264 valence electrons. The molecule has 7 N–H and O–H groups in total. The molecule has 3 aromatic carbocycles. The van der Waals surface area contributed by atoms with E-state index in [0.29, 0.717) is 36.0 Å². The normalized spacial score (nSPS) is 18.4. The van der Waals surface area contributed by atoms with Gasteiger partial charge < -0.3 is 27.0 Å². The number of hydrogen-bond donors (Lipinski definition) is 6. The maximum absolute atomic E-state index is 13.8. The van der Waals surface area contributed by atoms with Crippen molar-refractivity contribution < 1.29 is 14.4 Å². The number of hydrogen-bond acceptors (Lipinski definition) is 8. The Morgan fingerprint density at radius 2 is 1.68 bits per heavy atom. The van der Waals surface area contributed by atoms with Gasteiger partial charge in [-0.3, -0.25) is 14.4 Å². The summed E-state index contributed by atoms with van der Waals surface area (Å²) in [6.07, 6.45) is 5.47. The molecule has 2 heterocycles. The summed E-state index contributed by atoms with van der Waals surface area (Å²) in [5.74, 6) is 0.324. The number of benzene rings is 3. The number of carbonyl (C=O) groups excluding carboxylic acids is 3. The van der Waals surface area contributed by atoms with E-state index in [4.69, 9.17) is 5.73 Å². The van der Waals surface area contributed by atoms with E-state index in [2.05, 4.69) is 41.9 Å². The molecule has 1 saturated heterocycles. The number of nitrogens with one attached hydrogen (secondary N) is 5. The van der Waals surface area contributed by atoms with Crippen LogP contribution in [-0.4, -0.2) is 70.1 Å². The van der Waals surface area contributed by atoms with E-state index >= 15 is 0 Å². The lowest BCUT2D eigenvalue weighted by Crippen LogP contribution is -2.48. The fraction of sp³-hybridized carbons (Fsp3) is 0.405. The molecule has 2 aliphatic rings. The standard InChI is InChI=1S/C37H45N9O3.ClH/c1-23-5-8-29(36(48)40-31-15-17-39-18-16-31)21-32(23)28-4-2-3-25(19-28)20-33(42-35(47)27-9-6-24(22-38)7-10-27)37(49)41-30-13-11-26(12-14-30)34-43-45-46-44-34;/h2-5,8,11-14,19,21,24,27,31,33,39H,6-7,9-10,15-18,20,22,38H2,1H3,(H,40,48)(H,41,49)(H,42,47)(H,43,44,45,46);1H/t24-,27-,33-;/m0./s1. The zero-order valence-corrected chi connectivity index (χ0v) is 29.1. The molecule has 4 aromatic rings. The molecule has 0 radical (unpaired) electrons. The summed E-state index contributed by atoms with van der Waals surface area (Å²) < 4.78 is 0. The summed E-state index contributed by atoms with van der Waals surface area (Å²) >= 11 is 0. The summed E-state index contributed by atoms with van der Waals surface area (Å²) in [6.45, 7) is 4.46. The number of piperidine rings is 1. The number of rotatable bonds is 11. The lowest BCUT2D eigenvalue weighted by Gasteiger charge is -2.28. The molecule has 0 spiro atoms. The van der Waals surface area contributed by atoms with Crippen LogP contribution in [0.3, 0.4) is 0 Å². The number of carbonyl (C=O) groups is 3. The molecule has 1 aliphatic carbocycles. The quantitative estimate of drug-likeness (QED) is 0.135. The monoisotopic (exact) mass is 699 g/mol. The van der Waals surface area contributed by atoms with Gasteiger partial charge in [0.1, 0.15) is 6.04 Å². The van der Waals surface area contributed by atoms with Crippen molar-refractivity contribution in [2.75, 3.05) is 25.0 Å². The van der Waals surface area contributed by atoms with Gasteiger partial charge in [0, 0.05) is 35.2 Å². The van der Waals surface area contributed by atoms with E-state index in [0.717, 1.165) is 79.4 Å². The van der Waals surface area contributed by atoms with Gasteiger partial charge in [0.15, 0.2) is 5.82 Å². The van der Waals surface area contributed by atoms with Crippen molar-refractivity contribution in [3.05, 3.63) is 83.4 Å². The molecule has 1 saturated carbocycles. The van der Waals surface area contributed by atoms with Gasteiger partial charge in [-0.2, -0.15) is 0 Å². The van der Waals surface area contributed by atoms with Crippen LogP contribution in [0.25, 0.3) is 22.5 Å². The van der Waals surface area contributed by atoms with Gasteiger partial charge in [-0.05, 0) is 140 Å². The van der Waals surface area contributed by atoms with Crippen molar-refractivity contribution in [2.45, 2.75) is 64.0 Å². The number of anilines is 1. The number of aryl methyl sites for hydroxylation is 1. The number of nitrogens with two attached hydrogens (primary N) is 1. The average molecular weight is 700 g/mol. The van der Waals surface area contributed by atoms with Gasteiger partial charge in [0.05, 0.1) is 0 Å². The number of tetrazole rings is 1. The number of aromatic nitrogens is 4. The van der Waals surface area contributed by atoms with Gasteiger partial charge in [-0.15, -0.1) is 17.5 Å². The van der Waals surface area contributed by atoms with Crippen LogP contribution < -0.4 is 27.0 Å². The van der Waals surface area contributed by atoms with Gasteiger partial charge in [0.25, 0.3) is 5.91 Å². The molecule has 1 aromatic heterocycles. The Bertz CT molecular complexity index is 1740. The van der Waals surface area contributed by atoms with Crippen LogP contribution in [-0.2, 0) is 16.0 Å². The van der Waals surface area contributed by atoms with Crippen molar-refractivity contribution in [1.29, 1.82) is 0 Å². The van der Waals surface area contributed by atoms with E-state index in [9.17, 15) is 14.4 Å². The highest BCUT2D eigenvalue weighted by Gasteiger charge is 2.29. The number of aromatic amines is 1. The van der Waals surface area contributed by atoms with E-state index in [1.807, 2.05) is 61.5 Å². The van der Waals surface area contributed by atoms with Gasteiger partial charge in [-0.1, -0.05) is 30.3 Å². The van der Waals surface area contributed by atoms with Crippen LogP contribution in [0.2, 0.25) is 0 Å². The second kappa shape index (κ2) is 17.3. The minimum atomic E-state index is -0.809. The highest BCUT2D eigenvalue weighted by Crippen LogP contribution is 2.29. The maximum atomic E-state index is 13.8. The van der Waals surface area contributed by atoms with Crippen LogP contribution in [0.15, 0.2) is 66.7 Å². The van der Waals surface area contributed by atoms with Crippen molar-refractivity contribution in [1.82, 2.24) is 36.6 Å². The zero-order chi connectivity index (χ0) is 34.2. The first-order chi connectivity index (χ1) is 23.9. The number of halogens is 1. The predicted octanol–water partition coefficient (Wildman–Crippen LogP) is 4.18. The molecule has 0 unspecified atom stereocenters. The predicted molar refractivity (Wildman–Crippen MR) is 196 cm³/mol. The Morgan fingerprint density at radius 1 is 0.920 bits per heavy atom. The second-order valence-electron chi connectivity index (χ2n) is 13.3. The molecule has 6 rings (SSSR count). The Balaban J connectivity index is 0.00000486. The molecule has 2 fully saturated rings. The second-order valence-corrected chi connectivity index (χ2v) is 13.3. The fourth-order valence-corrected chi connectivity index (χ4v) is 6.79. The van der Waals surface area contributed by atoms with Gasteiger partial charge in [0.2, 0.25) is 11.8 Å². The Morgan fingerprint density at radius 3 is 2.38 bits per heavy atom. The highest BCUT2D eigenvalue weighted by atomic mass is 35.5. The highest BCUT2D eigenvalue weighted by molar-refractivity contribution is 5.98.